The summed E-state index contributed by atoms with van der Waals surface area (Å²) in [6.07, 6.45) is 3.01. The monoisotopic (exact) mass is 443 g/mol. The zero-order chi connectivity index (χ0) is 23.6. The van der Waals surface area contributed by atoms with Crippen LogP contribution in [0.3, 0.4) is 0 Å². The van der Waals surface area contributed by atoms with E-state index in [2.05, 4.69) is 5.32 Å². The molecule has 3 rings (SSSR count). The van der Waals surface area contributed by atoms with E-state index in [1.165, 1.54) is 0 Å². The van der Waals surface area contributed by atoms with E-state index in [1.807, 2.05) is 20.8 Å². The Morgan fingerprint density at radius 2 is 1.78 bits per heavy atom. The molecule has 7 heteroatoms. The average molecular weight is 444 g/mol. The first-order valence-corrected chi connectivity index (χ1v) is 11.2. The molecule has 0 bridgehead atoms. The summed E-state index contributed by atoms with van der Waals surface area (Å²) in [7, 11) is 0. The second kappa shape index (κ2) is 9.35. The van der Waals surface area contributed by atoms with Crippen LogP contribution in [-0.4, -0.2) is 23.7 Å². The van der Waals surface area contributed by atoms with Crippen LogP contribution in [0.4, 0.5) is 4.79 Å². The molecule has 174 valence electrons. The molecule has 1 aromatic heterocycles. The van der Waals surface area contributed by atoms with Gasteiger partial charge in [-0.3, -0.25) is 0 Å². The van der Waals surface area contributed by atoms with Crippen molar-refractivity contribution in [1.82, 2.24) is 5.32 Å². The number of amides is 1. The number of carbonyl (C=O) groups excluding carboxylic acids is 2. The van der Waals surface area contributed by atoms with Crippen LogP contribution in [0.25, 0.3) is 11.0 Å². The lowest BCUT2D eigenvalue weighted by atomic mass is 9.90. The van der Waals surface area contributed by atoms with Gasteiger partial charge in [0.2, 0.25) is 0 Å². The maximum absolute atomic E-state index is 13.2. The number of carbonyl (C=O) groups is 2. The van der Waals surface area contributed by atoms with Crippen molar-refractivity contribution in [1.29, 1.82) is 0 Å². The third-order valence-electron chi connectivity index (χ3n) is 5.32. The predicted molar refractivity (Wildman–Crippen MR) is 122 cm³/mol. The summed E-state index contributed by atoms with van der Waals surface area (Å²) >= 11 is 0. The molecule has 1 amide bonds. The molecule has 1 aromatic carbocycles. The first kappa shape index (κ1) is 23.8. The molecule has 1 aliphatic rings. The summed E-state index contributed by atoms with van der Waals surface area (Å²) in [6.45, 7) is 11.1. The van der Waals surface area contributed by atoms with Gasteiger partial charge in [0.1, 0.15) is 23.0 Å². The largest absolute Gasteiger partial charge is 0.444 e. The lowest BCUT2D eigenvalue weighted by molar-refractivity contribution is -0.137. The zero-order valence-electron chi connectivity index (χ0n) is 19.8. The van der Waals surface area contributed by atoms with Gasteiger partial charge in [-0.05, 0) is 89.0 Å². The van der Waals surface area contributed by atoms with E-state index in [9.17, 15) is 14.4 Å². The van der Waals surface area contributed by atoms with Gasteiger partial charge >= 0.3 is 17.7 Å². The van der Waals surface area contributed by atoms with Crippen LogP contribution in [-0.2, 0) is 22.4 Å². The highest BCUT2D eigenvalue weighted by atomic mass is 16.6. The Morgan fingerprint density at radius 1 is 1.12 bits per heavy atom. The number of alkyl carbamates (subject to hydrolysis) is 1. The summed E-state index contributed by atoms with van der Waals surface area (Å²) < 4.78 is 16.7. The minimum absolute atomic E-state index is 0.141. The van der Waals surface area contributed by atoms with Crippen molar-refractivity contribution in [3.63, 3.8) is 0 Å². The molecule has 0 aliphatic heterocycles. The number of esters is 1. The standard InChI is InChI=1S/C25H33NO6/c1-14(2)11-18(26-24(29)32-25(4,5)6)23(28)31-20-13-15(3)12-19-21(20)16-9-7-8-10-17(16)22(27)30-19/h12-14,18H,7-11H2,1-6H3,(H,26,29)/t18-/m0/s1. The minimum Gasteiger partial charge on any atom is -0.444 e. The van der Waals surface area contributed by atoms with Crippen LogP contribution in [0.2, 0.25) is 0 Å². The summed E-state index contributed by atoms with van der Waals surface area (Å²) in [5, 5.41) is 3.32. The van der Waals surface area contributed by atoms with Gasteiger partial charge in [-0.1, -0.05) is 13.8 Å². The fourth-order valence-corrected chi connectivity index (χ4v) is 4.06. The summed E-state index contributed by atoms with van der Waals surface area (Å²) in [4.78, 5) is 37.9. The van der Waals surface area contributed by atoms with Gasteiger partial charge in [0.05, 0.1) is 5.39 Å². The van der Waals surface area contributed by atoms with E-state index in [4.69, 9.17) is 13.9 Å². The molecule has 1 atom stereocenters. The van der Waals surface area contributed by atoms with E-state index in [0.29, 0.717) is 35.1 Å². The Labute approximate surface area is 188 Å². The Kier molecular flexibility index (Phi) is 6.96. The van der Waals surface area contributed by atoms with Crippen molar-refractivity contribution >= 4 is 23.0 Å². The number of hydrogen-bond acceptors (Lipinski definition) is 6. The lowest BCUT2D eigenvalue weighted by Crippen LogP contribution is -2.45. The van der Waals surface area contributed by atoms with Crippen LogP contribution in [0.5, 0.6) is 5.75 Å². The highest BCUT2D eigenvalue weighted by Gasteiger charge is 2.28. The number of aryl methyl sites for hydroxylation is 2. The number of rotatable bonds is 5. The molecule has 0 saturated carbocycles. The highest BCUT2D eigenvalue weighted by Crippen LogP contribution is 2.35. The molecule has 1 N–H and O–H groups in total. The molecule has 0 spiro atoms. The number of hydrogen-bond donors (Lipinski definition) is 1. The Bertz CT molecular complexity index is 1080. The second-order valence-electron chi connectivity index (χ2n) is 9.94. The molecule has 2 aromatic rings. The van der Waals surface area contributed by atoms with Gasteiger partial charge in [0.15, 0.2) is 0 Å². The first-order chi connectivity index (χ1) is 14.9. The smallest absolute Gasteiger partial charge is 0.408 e. The third-order valence-corrected chi connectivity index (χ3v) is 5.32. The topological polar surface area (TPSA) is 94.8 Å². The second-order valence-corrected chi connectivity index (χ2v) is 9.94. The van der Waals surface area contributed by atoms with Crippen LogP contribution >= 0.6 is 0 Å². The quantitative estimate of drug-likeness (QED) is 0.404. The molecule has 7 nitrogen and oxygen atoms in total. The van der Waals surface area contributed by atoms with Crippen molar-refractivity contribution in [2.24, 2.45) is 5.92 Å². The fourth-order valence-electron chi connectivity index (χ4n) is 4.06. The number of benzene rings is 1. The van der Waals surface area contributed by atoms with E-state index in [0.717, 1.165) is 30.4 Å². The number of nitrogens with one attached hydrogen (secondary N) is 1. The predicted octanol–water partition coefficient (Wildman–Crippen LogP) is 4.83. The Morgan fingerprint density at radius 3 is 2.41 bits per heavy atom. The molecule has 0 saturated heterocycles. The van der Waals surface area contributed by atoms with Gasteiger partial charge in [-0.2, -0.15) is 0 Å². The van der Waals surface area contributed by atoms with Crippen molar-refractivity contribution < 1.29 is 23.5 Å². The van der Waals surface area contributed by atoms with Gasteiger partial charge in [0, 0.05) is 5.56 Å². The molecular weight excluding hydrogens is 410 g/mol. The maximum Gasteiger partial charge on any atom is 0.408 e. The highest BCUT2D eigenvalue weighted by molar-refractivity contribution is 5.92. The van der Waals surface area contributed by atoms with Crippen molar-refractivity contribution in [3.8, 4) is 5.75 Å². The van der Waals surface area contributed by atoms with Crippen LogP contribution in [0.1, 0.15) is 70.6 Å². The summed E-state index contributed by atoms with van der Waals surface area (Å²) in [5.41, 5.74) is 1.78. The summed E-state index contributed by atoms with van der Waals surface area (Å²) in [5.74, 6) is -0.0821. The van der Waals surface area contributed by atoms with Gasteiger partial charge in [-0.25, -0.2) is 14.4 Å². The van der Waals surface area contributed by atoms with E-state index in [1.54, 1.807) is 32.9 Å². The molecule has 0 fully saturated rings. The van der Waals surface area contributed by atoms with E-state index < -0.39 is 23.7 Å². The lowest BCUT2D eigenvalue weighted by Gasteiger charge is -2.24. The average Bonchev–Trinajstić information content (AvgIpc) is 2.65. The van der Waals surface area contributed by atoms with Crippen molar-refractivity contribution in [2.45, 2.75) is 85.3 Å². The molecular formula is C25H33NO6. The van der Waals surface area contributed by atoms with Crippen molar-refractivity contribution in [2.75, 3.05) is 0 Å². The van der Waals surface area contributed by atoms with Crippen molar-refractivity contribution in [3.05, 3.63) is 39.2 Å². The van der Waals surface area contributed by atoms with Crippen LogP contribution in [0.15, 0.2) is 21.3 Å². The number of ether oxygens (including phenoxy) is 2. The first-order valence-electron chi connectivity index (χ1n) is 11.2. The Balaban J connectivity index is 1.96. The maximum atomic E-state index is 13.2. The third kappa shape index (κ3) is 5.69. The normalized spacial score (nSPS) is 14.7. The molecule has 1 aliphatic carbocycles. The zero-order valence-corrected chi connectivity index (χ0v) is 19.8. The van der Waals surface area contributed by atoms with Gasteiger partial charge in [0.25, 0.3) is 0 Å². The van der Waals surface area contributed by atoms with Crippen LogP contribution < -0.4 is 15.7 Å². The van der Waals surface area contributed by atoms with E-state index >= 15 is 0 Å². The summed E-state index contributed by atoms with van der Waals surface area (Å²) in [6, 6.07) is 2.69. The fraction of sp³-hybridized carbons (Fsp3) is 0.560. The van der Waals surface area contributed by atoms with E-state index in [-0.39, 0.29) is 11.5 Å². The SMILES string of the molecule is Cc1cc(OC(=O)[C@H](CC(C)C)NC(=O)OC(C)(C)C)c2c3c(c(=O)oc2c1)CCCC3. The van der Waals surface area contributed by atoms with Gasteiger partial charge in [-0.15, -0.1) is 0 Å². The molecule has 1 heterocycles. The molecule has 32 heavy (non-hydrogen) atoms. The number of fused-ring (bicyclic) bond motifs is 3. The van der Waals surface area contributed by atoms with Crippen LogP contribution in [0, 0.1) is 12.8 Å². The minimum atomic E-state index is -0.869. The molecule has 0 unspecified atom stereocenters. The molecule has 0 radical (unpaired) electrons. The Hall–Kier alpha value is -2.83. The van der Waals surface area contributed by atoms with Gasteiger partial charge < -0.3 is 19.2 Å².